The van der Waals surface area contributed by atoms with Crippen LogP contribution in [0.15, 0.2) is 60.9 Å². The number of carbonyl (C=O) groups is 1. The van der Waals surface area contributed by atoms with Crippen LogP contribution >= 0.6 is 11.6 Å². The molecule has 1 heterocycles. The minimum atomic E-state index is -0.896. The Labute approximate surface area is 175 Å². The minimum Gasteiger partial charge on any atom is -0.478 e. The summed E-state index contributed by atoms with van der Waals surface area (Å²) in [6.07, 6.45) is 8.07. The first-order valence-electron chi connectivity index (χ1n) is 9.83. The molecule has 0 amide bonds. The zero-order valence-corrected chi connectivity index (χ0v) is 16.7. The number of hydrogen-bond acceptors (Lipinski definition) is 3. The monoisotopic (exact) mass is 407 g/mol. The summed E-state index contributed by atoms with van der Waals surface area (Å²) >= 11 is 6.20. The smallest absolute Gasteiger partial charge is 0.336 e. The van der Waals surface area contributed by atoms with E-state index in [4.69, 9.17) is 16.3 Å². The number of aromatic carboxylic acids is 1. The van der Waals surface area contributed by atoms with Crippen molar-refractivity contribution in [3.63, 3.8) is 0 Å². The number of benzene rings is 2. The zero-order chi connectivity index (χ0) is 20.2. The number of carboxylic acids is 1. The number of halogens is 1. The van der Waals surface area contributed by atoms with E-state index < -0.39 is 5.97 Å². The average molecular weight is 408 g/mol. The average Bonchev–Trinajstić information content (AvgIpc) is 2.74. The number of hydrogen-bond donors (Lipinski definition) is 1. The number of ether oxygens (including phenoxy) is 1. The minimum absolute atomic E-state index is 0.347. The molecule has 0 saturated heterocycles. The van der Waals surface area contributed by atoms with E-state index in [9.17, 15) is 9.90 Å². The fourth-order valence-corrected chi connectivity index (χ4v) is 4.25. The van der Waals surface area contributed by atoms with Crippen LogP contribution in [0.3, 0.4) is 0 Å². The van der Waals surface area contributed by atoms with Gasteiger partial charge in [-0.3, -0.25) is 4.98 Å². The van der Waals surface area contributed by atoms with E-state index in [0.29, 0.717) is 28.7 Å². The second-order valence-corrected chi connectivity index (χ2v) is 7.77. The van der Waals surface area contributed by atoms with E-state index in [0.717, 1.165) is 37.0 Å². The summed E-state index contributed by atoms with van der Waals surface area (Å²) < 4.78 is 5.98. The van der Waals surface area contributed by atoms with E-state index in [1.165, 1.54) is 17.3 Å². The molecule has 0 aliphatic heterocycles. The standard InChI is InChI=1S/C24H22ClNO3/c25-22-6-1-2-7-23(22)29-19-10-11-20-16(4-3-5-17(20)14-19)8-9-18-15-26-13-12-21(18)24(27)28/h1-2,6-7,10-16H,3-5,8-9H2,(H,27,28). The quantitative estimate of drug-likeness (QED) is 0.522. The lowest BCUT2D eigenvalue weighted by atomic mass is 9.79. The third-order valence-electron chi connectivity index (χ3n) is 5.51. The number of fused-ring (bicyclic) bond motifs is 1. The lowest BCUT2D eigenvalue weighted by molar-refractivity contribution is 0.0695. The lowest BCUT2D eigenvalue weighted by Crippen LogP contribution is -2.12. The van der Waals surface area contributed by atoms with Crippen LogP contribution in [0.4, 0.5) is 0 Å². The molecule has 29 heavy (non-hydrogen) atoms. The summed E-state index contributed by atoms with van der Waals surface area (Å²) in [7, 11) is 0. The Morgan fingerprint density at radius 3 is 2.90 bits per heavy atom. The molecule has 4 rings (SSSR count). The van der Waals surface area contributed by atoms with Crippen LogP contribution in [-0.2, 0) is 12.8 Å². The first kappa shape index (κ1) is 19.5. The molecule has 0 saturated carbocycles. The van der Waals surface area contributed by atoms with E-state index in [2.05, 4.69) is 17.1 Å². The molecule has 2 aromatic carbocycles. The van der Waals surface area contributed by atoms with E-state index in [1.807, 2.05) is 30.3 Å². The van der Waals surface area contributed by atoms with Gasteiger partial charge in [-0.05, 0) is 85.0 Å². The van der Waals surface area contributed by atoms with Crippen LogP contribution in [-0.4, -0.2) is 16.1 Å². The van der Waals surface area contributed by atoms with Gasteiger partial charge in [0, 0.05) is 12.4 Å². The predicted molar refractivity (Wildman–Crippen MR) is 113 cm³/mol. The summed E-state index contributed by atoms with van der Waals surface area (Å²) in [5, 5.41) is 9.97. The van der Waals surface area contributed by atoms with E-state index in [-0.39, 0.29) is 0 Å². The second kappa shape index (κ2) is 8.66. The molecule has 1 atom stereocenters. The number of aryl methyl sites for hydroxylation is 2. The largest absolute Gasteiger partial charge is 0.478 e. The Bertz CT molecular complexity index is 1030. The third kappa shape index (κ3) is 4.43. The second-order valence-electron chi connectivity index (χ2n) is 7.36. The topological polar surface area (TPSA) is 59.4 Å². The molecule has 3 aromatic rings. The molecule has 1 N–H and O–H groups in total. The molecule has 5 heteroatoms. The Balaban J connectivity index is 1.50. The summed E-state index contributed by atoms with van der Waals surface area (Å²) in [5.74, 6) is 0.958. The molecule has 0 fully saturated rings. The van der Waals surface area contributed by atoms with Crippen molar-refractivity contribution in [2.45, 2.75) is 38.0 Å². The van der Waals surface area contributed by atoms with Gasteiger partial charge in [0.15, 0.2) is 0 Å². The summed E-state index contributed by atoms with van der Waals surface area (Å²) in [4.78, 5) is 15.5. The SMILES string of the molecule is O=C(O)c1ccncc1CCC1CCCc2cc(Oc3ccccc3Cl)ccc21. The van der Waals surface area contributed by atoms with Gasteiger partial charge in [0.05, 0.1) is 10.6 Å². The van der Waals surface area contributed by atoms with Gasteiger partial charge in [-0.25, -0.2) is 4.79 Å². The van der Waals surface area contributed by atoms with Crippen molar-refractivity contribution < 1.29 is 14.6 Å². The molecule has 1 aromatic heterocycles. The van der Waals surface area contributed by atoms with E-state index >= 15 is 0 Å². The van der Waals surface area contributed by atoms with Gasteiger partial charge in [0.1, 0.15) is 11.5 Å². The zero-order valence-electron chi connectivity index (χ0n) is 16.0. The van der Waals surface area contributed by atoms with Gasteiger partial charge >= 0.3 is 5.97 Å². The maximum Gasteiger partial charge on any atom is 0.336 e. The van der Waals surface area contributed by atoms with Crippen molar-refractivity contribution in [2.24, 2.45) is 0 Å². The van der Waals surface area contributed by atoms with Crippen LogP contribution in [0, 0.1) is 0 Å². The van der Waals surface area contributed by atoms with Crippen LogP contribution in [0.2, 0.25) is 5.02 Å². The van der Waals surface area contributed by atoms with Gasteiger partial charge in [-0.1, -0.05) is 29.8 Å². The number of rotatable bonds is 6. The maximum atomic E-state index is 11.4. The molecule has 0 bridgehead atoms. The molecule has 0 radical (unpaired) electrons. The lowest BCUT2D eigenvalue weighted by Gasteiger charge is -2.26. The predicted octanol–water partition coefficient (Wildman–Crippen LogP) is 6.28. The van der Waals surface area contributed by atoms with Gasteiger partial charge in [0.2, 0.25) is 0 Å². The van der Waals surface area contributed by atoms with Gasteiger partial charge in [0.25, 0.3) is 0 Å². The van der Waals surface area contributed by atoms with Crippen molar-refractivity contribution in [3.8, 4) is 11.5 Å². The molecule has 148 valence electrons. The Morgan fingerprint density at radius 2 is 2.07 bits per heavy atom. The Morgan fingerprint density at radius 1 is 1.21 bits per heavy atom. The summed E-state index contributed by atoms with van der Waals surface area (Å²) in [6, 6.07) is 15.3. The Kier molecular flexibility index (Phi) is 5.81. The molecule has 1 aliphatic carbocycles. The van der Waals surface area contributed by atoms with Crippen molar-refractivity contribution in [1.29, 1.82) is 0 Å². The normalized spacial score (nSPS) is 15.6. The van der Waals surface area contributed by atoms with Crippen molar-refractivity contribution in [2.75, 3.05) is 0 Å². The maximum absolute atomic E-state index is 11.4. The van der Waals surface area contributed by atoms with Gasteiger partial charge in [-0.15, -0.1) is 0 Å². The van der Waals surface area contributed by atoms with E-state index in [1.54, 1.807) is 12.3 Å². The summed E-state index contributed by atoms with van der Waals surface area (Å²) in [5.41, 5.74) is 3.78. The molecular formula is C24H22ClNO3. The number of pyridine rings is 1. The number of carboxylic acid groups (broad SMARTS) is 1. The highest BCUT2D eigenvalue weighted by Crippen LogP contribution is 2.38. The first-order chi connectivity index (χ1) is 14.1. The highest BCUT2D eigenvalue weighted by atomic mass is 35.5. The van der Waals surface area contributed by atoms with Crippen molar-refractivity contribution >= 4 is 17.6 Å². The fraction of sp³-hybridized carbons (Fsp3) is 0.250. The van der Waals surface area contributed by atoms with Crippen molar-refractivity contribution in [3.05, 3.63) is 88.2 Å². The highest BCUT2D eigenvalue weighted by molar-refractivity contribution is 6.32. The van der Waals surface area contributed by atoms with Crippen LogP contribution < -0.4 is 4.74 Å². The summed E-state index contributed by atoms with van der Waals surface area (Å²) in [6.45, 7) is 0. The molecule has 4 nitrogen and oxygen atoms in total. The number of para-hydroxylation sites is 1. The first-order valence-corrected chi connectivity index (χ1v) is 10.2. The van der Waals surface area contributed by atoms with Crippen LogP contribution in [0.25, 0.3) is 0 Å². The van der Waals surface area contributed by atoms with Crippen LogP contribution in [0.1, 0.15) is 52.2 Å². The van der Waals surface area contributed by atoms with Gasteiger partial charge in [-0.2, -0.15) is 0 Å². The Hall–Kier alpha value is -2.85. The van der Waals surface area contributed by atoms with Gasteiger partial charge < -0.3 is 9.84 Å². The molecule has 1 unspecified atom stereocenters. The number of nitrogens with zero attached hydrogens (tertiary/aromatic N) is 1. The molecule has 0 spiro atoms. The molecular weight excluding hydrogens is 386 g/mol. The third-order valence-corrected chi connectivity index (χ3v) is 5.83. The number of aromatic nitrogens is 1. The highest BCUT2D eigenvalue weighted by Gasteiger charge is 2.22. The van der Waals surface area contributed by atoms with Crippen LogP contribution in [0.5, 0.6) is 11.5 Å². The fourth-order valence-electron chi connectivity index (χ4n) is 4.07. The van der Waals surface area contributed by atoms with Crippen molar-refractivity contribution in [1.82, 2.24) is 4.98 Å². The molecule has 1 aliphatic rings.